The van der Waals surface area contributed by atoms with Crippen LogP contribution < -0.4 is 0 Å². The summed E-state index contributed by atoms with van der Waals surface area (Å²) >= 11 is 0. The number of benzene rings is 2. The van der Waals surface area contributed by atoms with Crippen molar-refractivity contribution in [2.24, 2.45) is 0 Å². The standard InChI is InChI=1S/C21H21F3N2O/c1-25-12-13-26(19(15-25)17-10-6-3-7-11-17)20(27)14-18(21(22,23)24)16-8-4-2-5-9-16/h2-11,14,19H,12-13,15H2,1H3/b18-14-. The minimum atomic E-state index is -4.61. The lowest BCUT2D eigenvalue weighted by molar-refractivity contribution is -0.131. The van der Waals surface area contributed by atoms with Gasteiger partial charge in [0, 0.05) is 25.7 Å². The maximum Gasteiger partial charge on any atom is 0.417 e. The SMILES string of the molecule is CN1CCN(C(=O)/C=C(/c2ccccc2)C(F)(F)F)C(c2ccccc2)C1. The highest BCUT2D eigenvalue weighted by Gasteiger charge is 2.37. The second-order valence-corrected chi connectivity index (χ2v) is 6.64. The molecule has 0 spiro atoms. The first kappa shape index (κ1) is 19.2. The molecule has 1 amide bonds. The van der Waals surface area contributed by atoms with Crippen LogP contribution in [0.15, 0.2) is 66.7 Å². The molecule has 0 bridgehead atoms. The second-order valence-electron chi connectivity index (χ2n) is 6.64. The van der Waals surface area contributed by atoms with Gasteiger partial charge < -0.3 is 9.80 Å². The van der Waals surface area contributed by atoms with E-state index in [1.807, 2.05) is 37.4 Å². The van der Waals surface area contributed by atoms with Crippen LogP contribution >= 0.6 is 0 Å². The van der Waals surface area contributed by atoms with Crippen molar-refractivity contribution >= 4 is 11.5 Å². The number of nitrogens with zero attached hydrogens (tertiary/aromatic N) is 2. The van der Waals surface area contributed by atoms with E-state index in [0.717, 1.165) is 11.6 Å². The van der Waals surface area contributed by atoms with Crippen molar-refractivity contribution in [1.29, 1.82) is 0 Å². The van der Waals surface area contributed by atoms with Crippen molar-refractivity contribution in [1.82, 2.24) is 9.80 Å². The van der Waals surface area contributed by atoms with Gasteiger partial charge in [-0.25, -0.2) is 0 Å². The van der Waals surface area contributed by atoms with Gasteiger partial charge in [0.2, 0.25) is 5.91 Å². The Morgan fingerprint density at radius 1 is 1.00 bits per heavy atom. The summed E-state index contributed by atoms with van der Waals surface area (Å²) < 4.78 is 40.7. The fourth-order valence-corrected chi connectivity index (χ4v) is 3.30. The van der Waals surface area contributed by atoms with E-state index in [2.05, 4.69) is 4.90 Å². The number of allylic oxidation sites excluding steroid dienone is 1. The summed E-state index contributed by atoms with van der Waals surface area (Å²) in [6.45, 7) is 1.58. The van der Waals surface area contributed by atoms with Crippen LogP contribution in [0.25, 0.3) is 5.57 Å². The van der Waals surface area contributed by atoms with Gasteiger partial charge in [-0.05, 0) is 18.2 Å². The molecule has 0 N–H and O–H groups in total. The van der Waals surface area contributed by atoms with Crippen molar-refractivity contribution in [3.05, 3.63) is 77.9 Å². The lowest BCUT2D eigenvalue weighted by atomic mass is 10.0. The van der Waals surface area contributed by atoms with Crippen molar-refractivity contribution < 1.29 is 18.0 Å². The topological polar surface area (TPSA) is 23.6 Å². The molecular weight excluding hydrogens is 353 g/mol. The number of hydrogen-bond acceptors (Lipinski definition) is 2. The normalized spacial score (nSPS) is 19.2. The molecule has 1 atom stereocenters. The van der Waals surface area contributed by atoms with Crippen LogP contribution in [0.4, 0.5) is 13.2 Å². The number of carbonyl (C=O) groups is 1. The highest BCUT2D eigenvalue weighted by molar-refractivity contribution is 5.96. The third kappa shape index (κ3) is 4.57. The first-order chi connectivity index (χ1) is 12.9. The maximum atomic E-state index is 13.6. The fourth-order valence-electron chi connectivity index (χ4n) is 3.30. The van der Waals surface area contributed by atoms with Gasteiger partial charge in [0.25, 0.3) is 0 Å². The number of hydrogen-bond donors (Lipinski definition) is 0. The van der Waals surface area contributed by atoms with Gasteiger partial charge in [-0.15, -0.1) is 0 Å². The van der Waals surface area contributed by atoms with Crippen LogP contribution in [0, 0.1) is 0 Å². The van der Waals surface area contributed by atoms with Gasteiger partial charge in [-0.1, -0.05) is 60.7 Å². The molecule has 1 fully saturated rings. The van der Waals surface area contributed by atoms with E-state index >= 15 is 0 Å². The van der Waals surface area contributed by atoms with Crippen LogP contribution in [0.5, 0.6) is 0 Å². The van der Waals surface area contributed by atoms with Crippen LogP contribution in [0.1, 0.15) is 17.2 Å². The van der Waals surface area contributed by atoms with Gasteiger partial charge in [0.05, 0.1) is 11.6 Å². The number of alkyl halides is 3. The number of carbonyl (C=O) groups excluding carboxylic acids is 1. The van der Waals surface area contributed by atoms with Gasteiger partial charge in [0.15, 0.2) is 0 Å². The maximum absolute atomic E-state index is 13.6. The molecule has 1 aliphatic heterocycles. The molecule has 6 heteroatoms. The Hall–Kier alpha value is -2.60. The van der Waals surface area contributed by atoms with Gasteiger partial charge in [0.1, 0.15) is 0 Å². The van der Waals surface area contributed by atoms with Crippen LogP contribution in [-0.4, -0.2) is 48.6 Å². The molecule has 1 aliphatic rings. The lowest BCUT2D eigenvalue weighted by Gasteiger charge is -2.40. The quantitative estimate of drug-likeness (QED) is 0.754. The molecule has 2 aromatic rings. The highest BCUT2D eigenvalue weighted by Crippen LogP contribution is 2.34. The van der Waals surface area contributed by atoms with Crippen LogP contribution in [-0.2, 0) is 4.79 Å². The van der Waals surface area contributed by atoms with Crippen LogP contribution in [0.2, 0.25) is 0 Å². The molecular formula is C21H21F3N2O. The third-order valence-corrected chi connectivity index (χ3v) is 4.71. The molecule has 0 saturated carbocycles. The summed E-state index contributed by atoms with van der Waals surface area (Å²) in [5.74, 6) is -0.617. The molecule has 3 nitrogen and oxygen atoms in total. The van der Waals surface area contributed by atoms with Crippen molar-refractivity contribution in [3.63, 3.8) is 0 Å². The molecule has 1 heterocycles. The summed E-state index contributed by atoms with van der Waals surface area (Å²) in [5, 5.41) is 0. The van der Waals surface area contributed by atoms with Crippen LogP contribution in [0.3, 0.4) is 0 Å². The average Bonchev–Trinajstić information content (AvgIpc) is 2.66. The Kier molecular flexibility index (Phi) is 5.65. The number of amides is 1. The summed E-state index contributed by atoms with van der Waals surface area (Å²) in [7, 11) is 1.94. The van der Waals surface area contributed by atoms with E-state index in [-0.39, 0.29) is 11.6 Å². The summed E-state index contributed by atoms with van der Waals surface area (Å²) in [4.78, 5) is 16.5. The summed E-state index contributed by atoms with van der Waals surface area (Å²) in [6, 6.07) is 16.6. The Morgan fingerprint density at radius 3 is 2.19 bits per heavy atom. The molecule has 2 aromatic carbocycles. The Labute approximate surface area is 156 Å². The minimum absolute atomic E-state index is 0.0104. The highest BCUT2D eigenvalue weighted by atomic mass is 19.4. The molecule has 0 aliphatic carbocycles. The van der Waals surface area contributed by atoms with E-state index in [0.29, 0.717) is 19.6 Å². The van der Waals surface area contributed by atoms with Gasteiger partial charge in [-0.2, -0.15) is 13.2 Å². The first-order valence-corrected chi connectivity index (χ1v) is 8.74. The van der Waals surface area contributed by atoms with Crippen molar-refractivity contribution in [2.75, 3.05) is 26.7 Å². The first-order valence-electron chi connectivity index (χ1n) is 8.74. The Balaban J connectivity index is 1.95. The number of piperazine rings is 1. The number of halogens is 3. The largest absolute Gasteiger partial charge is 0.417 e. The van der Waals surface area contributed by atoms with E-state index in [1.54, 1.807) is 6.07 Å². The molecule has 0 radical (unpaired) electrons. The number of likely N-dealkylation sites (N-methyl/N-ethyl adjacent to an activating group) is 1. The molecule has 0 aromatic heterocycles. The fraction of sp³-hybridized carbons (Fsp3) is 0.286. The molecule has 1 saturated heterocycles. The molecule has 3 rings (SSSR count). The smallest absolute Gasteiger partial charge is 0.330 e. The van der Waals surface area contributed by atoms with E-state index in [1.165, 1.54) is 29.2 Å². The molecule has 142 valence electrons. The summed E-state index contributed by atoms with van der Waals surface area (Å²) in [6.07, 6.45) is -3.87. The number of rotatable bonds is 3. The zero-order valence-corrected chi connectivity index (χ0v) is 15.0. The average molecular weight is 374 g/mol. The predicted molar refractivity (Wildman–Crippen MR) is 98.9 cm³/mol. The van der Waals surface area contributed by atoms with E-state index in [9.17, 15) is 18.0 Å². The minimum Gasteiger partial charge on any atom is -0.330 e. The Bertz CT molecular complexity index is 803. The Morgan fingerprint density at radius 2 is 1.59 bits per heavy atom. The monoisotopic (exact) mass is 374 g/mol. The summed E-state index contributed by atoms with van der Waals surface area (Å²) in [5.41, 5.74) is -0.0124. The lowest BCUT2D eigenvalue weighted by Crippen LogP contribution is -2.49. The predicted octanol–water partition coefficient (Wildman–Crippen LogP) is 4.15. The van der Waals surface area contributed by atoms with Crippen molar-refractivity contribution in [3.8, 4) is 0 Å². The van der Waals surface area contributed by atoms with Crippen molar-refractivity contribution in [2.45, 2.75) is 12.2 Å². The van der Waals surface area contributed by atoms with E-state index < -0.39 is 17.7 Å². The zero-order valence-electron chi connectivity index (χ0n) is 15.0. The zero-order chi connectivity index (χ0) is 19.4. The second kappa shape index (κ2) is 7.96. The third-order valence-electron chi connectivity index (χ3n) is 4.71. The van der Waals surface area contributed by atoms with E-state index in [4.69, 9.17) is 0 Å². The van der Waals surface area contributed by atoms with Gasteiger partial charge in [-0.3, -0.25) is 4.79 Å². The molecule has 1 unspecified atom stereocenters. The van der Waals surface area contributed by atoms with Gasteiger partial charge >= 0.3 is 6.18 Å². The molecule has 27 heavy (non-hydrogen) atoms.